The van der Waals surface area contributed by atoms with Crippen molar-refractivity contribution in [2.75, 3.05) is 0 Å². The lowest BCUT2D eigenvalue weighted by Crippen LogP contribution is -1.54. The van der Waals surface area contributed by atoms with Gasteiger partial charge in [0.2, 0.25) is 0 Å². The largest absolute Gasteiger partial charge is 0.0991 e. The van der Waals surface area contributed by atoms with Crippen LogP contribution in [0.3, 0.4) is 0 Å². The Bertz CT molecular complexity index is 648. The highest BCUT2D eigenvalue weighted by atomic mass is 13.7. The molecule has 134 valence electrons. The number of allylic oxidation sites excluding steroid dienone is 23. The first-order valence-corrected chi connectivity index (χ1v) is 8.86. The van der Waals surface area contributed by atoms with E-state index < -0.39 is 0 Å². The first kappa shape index (κ1) is 22.9. The van der Waals surface area contributed by atoms with Gasteiger partial charge in [0.05, 0.1) is 0 Å². The zero-order valence-corrected chi connectivity index (χ0v) is 15.7. The Labute approximate surface area is 160 Å². The Morgan fingerprint density at radius 2 is 0.615 bits per heavy atom. The number of hydrogen-bond donors (Lipinski definition) is 0. The second kappa shape index (κ2) is 21.9. The summed E-state index contributed by atoms with van der Waals surface area (Å²) >= 11 is 0. The van der Waals surface area contributed by atoms with Gasteiger partial charge in [-0.25, -0.2) is 0 Å². The minimum atomic E-state index is 1.07. The quantitative estimate of drug-likeness (QED) is 0.319. The second-order valence-corrected chi connectivity index (χ2v) is 4.92. The zero-order valence-electron chi connectivity index (χ0n) is 15.7. The molecule has 0 spiro atoms. The van der Waals surface area contributed by atoms with E-state index in [1.54, 1.807) is 6.08 Å². The molecule has 0 amide bonds. The molecule has 0 unspecified atom stereocenters. The summed E-state index contributed by atoms with van der Waals surface area (Å²) in [6.07, 6.45) is 46.8. The molecule has 0 aliphatic heterocycles. The van der Waals surface area contributed by atoms with E-state index in [9.17, 15) is 0 Å². The van der Waals surface area contributed by atoms with Crippen LogP contribution in [-0.2, 0) is 0 Å². The van der Waals surface area contributed by atoms with Gasteiger partial charge in [0.15, 0.2) is 0 Å². The van der Waals surface area contributed by atoms with E-state index in [0.717, 1.165) is 6.42 Å². The van der Waals surface area contributed by atoms with E-state index in [2.05, 4.69) is 25.7 Å². The first-order valence-electron chi connectivity index (χ1n) is 8.86. The van der Waals surface area contributed by atoms with Crippen LogP contribution in [0.15, 0.2) is 146 Å². The van der Waals surface area contributed by atoms with E-state index in [4.69, 9.17) is 0 Å². The van der Waals surface area contributed by atoms with Gasteiger partial charge in [-0.15, -0.1) is 0 Å². The molecule has 0 saturated carbocycles. The predicted octanol–water partition coefficient (Wildman–Crippen LogP) is 7.70. The molecule has 0 aliphatic carbocycles. The zero-order chi connectivity index (χ0) is 19.0. The van der Waals surface area contributed by atoms with Crippen molar-refractivity contribution in [3.8, 4) is 0 Å². The molecule has 0 heteroatoms. The summed E-state index contributed by atoms with van der Waals surface area (Å²) in [7, 11) is 0. The monoisotopic (exact) mass is 342 g/mol. The molecule has 0 N–H and O–H groups in total. The van der Waals surface area contributed by atoms with Gasteiger partial charge in [0.25, 0.3) is 0 Å². The van der Waals surface area contributed by atoms with Crippen molar-refractivity contribution in [1.29, 1.82) is 0 Å². The molecule has 0 aromatic carbocycles. The van der Waals surface area contributed by atoms with Crippen LogP contribution >= 0.6 is 0 Å². The van der Waals surface area contributed by atoms with Crippen molar-refractivity contribution >= 4 is 0 Å². The fourth-order valence-corrected chi connectivity index (χ4v) is 1.51. The second-order valence-electron chi connectivity index (χ2n) is 4.92. The fourth-order valence-electron chi connectivity index (χ4n) is 1.51. The third kappa shape index (κ3) is 20.9. The Kier molecular flexibility index (Phi) is 19.3. The smallest absolute Gasteiger partial charge is 0.0376 e. The molecule has 0 aliphatic rings. The molecule has 0 rings (SSSR count). The molecule has 26 heavy (non-hydrogen) atoms. The summed E-state index contributed by atoms with van der Waals surface area (Å²) in [5, 5.41) is 0. The van der Waals surface area contributed by atoms with Gasteiger partial charge in [-0.1, -0.05) is 153 Å². The summed E-state index contributed by atoms with van der Waals surface area (Å²) in [6, 6.07) is 0. The number of hydrogen-bond acceptors (Lipinski definition) is 0. The maximum atomic E-state index is 3.61. The molecular formula is C26H30. The van der Waals surface area contributed by atoms with Gasteiger partial charge in [0.1, 0.15) is 0 Å². The van der Waals surface area contributed by atoms with Crippen molar-refractivity contribution in [2.45, 2.75) is 13.3 Å². The molecule has 0 atom stereocenters. The molecule has 0 nitrogen and oxygen atoms in total. The number of rotatable bonds is 12. The third-order valence-corrected chi connectivity index (χ3v) is 2.73. The van der Waals surface area contributed by atoms with Crippen molar-refractivity contribution in [1.82, 2.24) is 0 Å². The lowest BCUT2D eigenvalue weighted by molar-refractivity contribution is 1.22. The van der Waals surface area contributed by atoms with E-state index >= 15 is 0 Å². The van der Waals surface area contributed by atoms with Crippen molar-refractivity contribution in [3.05, 3.63) is 146 Å². The van der Waals surface area contributed by atoms with Crippen LogP contribution in [-0.4, -0.2) is 0 Å². The average molecular weight is 343 g/mol. The standard InChI is InChI=1S/C26H30/c1-3-5-7-9-11-13-15-17-19-21-23-25-26-24-22-20-18-16-14-12-10-8-6-4-2/h3,5-26H,1,4H2,2H3/b7-5+,8-6+,11-9+,12-10+,15-13+,16-14+,19-17+,20-18+,23-21+,24-22+,26-25+. The highest BCUT2D eigenvalue weighted by Gasteiger charge is 1.66. The minimum absolute atomic E-state index is 1.07. The van der Waals surface area contributed by atoms with Crippen LogP contribution in [0, 0.1) is 0 Å². The lowest BCUT2D eigenvalue weighted by Gasteiger charge is -1.76. The maximum Gasteiger partial charge on any atom is -0.0376 e. The van der Waals surface area contributed by atoms with Crippen LogP contribution in [0.1, 0.15) is 13.3 Å². The summed E-state index contributed by atoms with van der Waals surface area (Å²) in [4.78, 5) is 0. The highest BCUT2D eigenvalue weighted by Crippen LogP contribution is 1.87. The van der Waals surface area contributed by atoms with Crippen LogP contribution < -0.4 is 0 Å². The van der Waals surface area contributed by atoms with E-state index in [0.29, 0.717) is 0 Å². The third-order valence-electron chi connectivity index (χ3n) is 2.73. The van der Waals surface area contributed by atoms with Gasteiger partial charge in [-0.05, 0) is 6.42 Å². The fraction of sp³-hybridized carbons (Fsp3) is 0.0769. The predicted molar refractivity (Wildman–Crippen MR) is 121 cm³/mol. The Hall–Kier alpha value is -3.12. The van der Waals surface area contributed by atoms with Gasteiger partial charge in [-0.3, -0.25) is 0 Å². The van der Waals surface area contributed by atoms with E-state index in [1.807, 2.05) is 122 Å². The average Bonchev–Trinajstić information content (AvgIpc) is 2.66. The van der Waals surface area contributed by atoms with Gasteiger partial charge in [0, 0.05) is 0 Å². The Morgan fingerprint density at radius 1 is 0.385 bits per heavy atom. The van der Waals surface area contributed by atoms with E-state index in [1.165, 1.54) is 0 Å². The summed E-state index contributed by atoms with van der Waals surface area (Å²) in [6.45, 7) is 5.73. The lowest BCUT2D eigenvalue weighted by atomic mass is 10.3. The van der Waals surface area contributed by atoms with Gasteiger partial charge >= 0.3 is 0 Å². The van der Waals surface area contributed by atoms with Crippen LogP contribution in [0.5, 0.6) is 0 Å². The molecule has 0 radical (unpaired) electrons. The molecule has 0 heterocycles. The Balaban J connectivity index is 3.92. The van der Waals surface area contributed by atoms with E-state index in [-0.39, 0.29) is 0 Å². The van der Waals surface area contributed by atoms with Crippen molar-refractivity contribution in [3.63, 3.8) is 0 Å². The first-order chi connectivity index (χ1) is 12.9. The molecule has 0 aromatic heterocycles. The summed E-state index contributed by atoms with van der Waals surface area (Å²) in [5.41, 5.74) is 0. The molecule has 0 fully saturated rings. The molecule has 0 saturated heterocycles. The normalized spacial score (nSPS) is 14.5. The van der Waals surface area contributed by atoms with Gasteiger partial charge < -0.3 is 0 Å². The van der Waals surface area contributed by atoms with Crippen LogP contribution in [0.2, 0.25) is 0 Å². The molecule has 0 aromatic rings. The highest BCUT2D eigenvalue weighted by molar-refractivity contribution is 5.23. The maximum absolute atomic E-state index is 3.61. The summed E-state index contributed by atoms with van der Waals surface area (Å²) in [5.74, 6) is 0. The Morgan fingerprint density at radius 3 is 0.846 bits per heavy atom. The topological polar surface area (TPSA) is 0 Å². The molecular weight excluding hydrogens is 312 g/mol. The minimum Gasteiger partial charge on any atom is -0.0991 e. The molecule has 0 bridgehead atoms. The SMILES string of the molecule is C=C/C=C/C=C/C=C/C=C/C=C/C=C/C=C/C=C/C=C/C=C/C=C/CC. The van der Waals surface area contributed by atoms with Crippen molar-refractivity contribution < 1.29 is 0 Å². The van der Waals surface area contributed by atoms with Crippen molar-refractivity contribution in [2.24, 2.45) is 0 Å². The van der Waals surface area contributed by atoms with Crippen LogP contribution in [0.4, 0.5) is 0 Å². The van der Waals surface area contributed by atoms with Crippen LogP contribution in [0.25, 0.3) is 0 Å². The summed E-state index contributed by atoms with van der Waals surface area (Å²) < 4.78 is 0. The van der Waals surface area contributed by atoms with Gasteiger partial charge in [-0.2, -0.15) is 0 Å².